The molecule has 6 aromatic rings. The van der Waals surface area contributed by atoms with Gasteiger partial charge in [0.05, 0.1) is 59.0 Å². The Balaban J connectivity index is 1.22. The number of thiazole rings is 1. The highest BCUT2D eigenvalue weighted by atomic mass is 32.1. The molecule has 0 radical (unpaired) electrons. The normalized spacial score (nSPS) is 10.9. The number of anilines is 1. The van der Waals surface area contributed by atoms with E-state index >= 15 is 0 Å². The maximum atomic E-state index is 13.0. The zero-order valence-corrected chi connectivity index (χ0v) is 25.5. The van der Waals surface area contributed by atoms with Crippen molar-refractivity contribution in [3.05, 3.63) is 90.5 Å². The van der Waals surface area contributed by atoms with Crippen LogP contribution in [0.15, 0.2) is 84.9 Å². The number of benzene rings is 4. The van der Waals surface area contributed by atoms with Crippen molar-refractivity contribution in [1.82, 2.24) is 15.0 Å². The van der Waals surface area contributed by atoms with Crippen molar-refractivity contribution in [3.8, 4) is 39.8 Å². The molecule has 226 valence electrons. The fraction of sp³-hybridized carbons (Fsp3) is 0.147. The first-order valence-electron chi connectivity index (χ1n) is 14.0. The second kappa shape index (κ2) is 13.0. The smallest absolute Gasteiger partial charge is 0.338 e. The van der Waals surface area contributed by atoms with Gasteiger partial charge in [-0.05, 0) is 91.9 Å². The van der Waals surface area contributed by atoms with Gasteiger partial charge in [-0.2, -0.15) is 0 Å². The molecule has 0 unspecified atom stereocenters. The number of nitrogens with zero attached hydrogens (tertiary/aromatic N) is 3. The quantitative estimate of drug-likeness (QED) is 0.165. The third-order valence-corrected chi connectivity index (χ3v) is 7.81. The number of amides is 1. The number of aromatic nitrogens is 3. The lowest BCUT2D eigenvalue weighted by Crippen LogP contribution is -2.20. The molecule has 0 bridgehead atoms. The highest BCUT2D eigenvalue weighted by Crippen LogP contribution is 2.33. The van der Waals surface area contributed by atoms with Gasteiger partial charge in [0, 0.05) is 11.1 Å². The van der Waals surface area contributed by atoms with E-state index in [1.54, 1.807) is 32.4 Å². The largest absolute Gasteiger partial charge is 0.497 e. The van der Waals surface area contributed by atoms with Gasteiger partial charge in [0.15, 0.2) is 11.7 Å². The SMILES string of the molecule is CCOc1ccc2nc(NC(=O)COC(=O)c3ccc4nc(-c5ccc(OC)cc5)c(-c5ccc(OC)cc5)nc4c3)sc2c1. The van der Waals surface area contributed by atoms with Crippen molar-refractivity contribution in [2.45, 2.75) is 6.92 Å². The molecule has 0 aliphatic carbocycles. The molecule has 6 rings (SSSR count). The van der Waals surface area contributed by atoms with Crippen LogP contribution in [0.25, 0.3) is 43.8 Å². The molecule has 1 amide bonds. The molecule has 0 aliphatic rings. The third-order valence-electron chi connectivity index (χ3n) is 6.88. The van der Waals surface area contributed by atoms with Crippen molar-refractivity contribution in [2.24, 2.45) is 0 Å². The van der Waals surface area contributed by atoms with Gasteiger partial charge < -0.3 is 18.9 Å². The minimum Gasteiger partial charge on any atom is -0.497 e. The maximum Gasteiger partial charge on any atom is 0.338 e. The minimum absolute atomic E-state index is 0.242. The lowest BCUT2D eigenvalue weighted by Gasteiger charge is -2.12. The van der Waals surface area contributed by atoms with Crippen LogP contribution in [0.1, 0.15) is 17.3 Å². The van der Waals surface area contributed by atoms with Crippen molar-refractivity contribution < 1.29 is 28.5 Å². The summed E-state index contributed by atoms with van der Waals surface area (Å²) in [5.41, 5.74) is 5.05. The Bertz CT molecular complexity index is 2010. The van der Waals surface area contributed by atoms with Crippen LogP contribution < -0.4 is 19.5 Å². The van der Waals surface area contributed by atoms with Crippen molar-refractivity contribution in [3.63, 3.8) is 0 Å². The Labute approximate surface area is 262 Å². The van der Waals surface area contributed by atoms with Crippen LogP contribution in [0, 0.1) is 0 Å². The summed E-state index contributed by atoms with van der Waals surface area (Å²) in [5, 5.41) is 3.10. The Morgan fingerprint density at radius 1 is 0.711 bits per heavy atom. The number of carbonyl (C=O) groups excluding carboxylic acids is 2. The number of hydrogen-bond acceptors (Lipinski definition) is 10. The van der Waals surface area contributed by atoms with Gasteiger partial charge in [0.2, 0.25) is 0 Å². The van der Waals surface area contributed by atoms with Gasteiger partial charge in [-0.3, -0.25) is 10.1 Å². The van der Waals surface area contributed by atoms with Crippen LogP contribution in [0.2, 0.25) is 0 Å². The van der Waals surface area contributed by atoms with Gasteiger partial charge >= 0.3 is 5.97 Å². The molecule has 1 N–H and O–H groups in total. The van der Waals surface area contributed by atoms with E-state index in [4.69, 9.17) is 28.9 Å². The molecular formula is C34H28N4O6S. The summed E-state index contributed by atoms with van der Waals surface area (Å²) < 4.78 is 22.4. The molecular weight excluding hydrogens is 592 g/mol. The van der Waals surface area contributed by atoms with Gasteiger partial charge in [0.1, 0.15) is 17.2 Å². The fourth-order valence-corrected chi connectivity index (χ4v) is 5.58. The summed E-state index contributed by atoms with van der Waals surface area (Å²) in [4.78, 5) is 39.8. The third kappa shape index (κ3) is 6.53. The maximum absolute atomic E-state index is 13.0. The molecule has 10 nitrogen and oxygen atoms in total. The average molecular weight is 621 g/mol. The van der Waals surface area contributed by atoms with Crippen LogP contribution in [-0.4, -0.2) is 54.3 Å². The Morgan fingerprint density at radius 2 is 1.31 bits per heavy atom. The molecule has 0 saturated heterocycles. The molecule has 2 heterocycles. The van der Waals surface area contributed by atoms with Crippen LogP contribution in [0.3, 0.4) is 0 Å². The van der Waals surface area contributed by atoms with E-state index in [0.29, 0.717) is 39.9 Å². The van der Waals surface area contributed by atoms with Crippen molar-refractivity contribution in [2.75, 3.05) is 32.8 Å². The predicted octanol–water partition coefficient (Wildman–Crippen LogP) is 6.78. The molecule has 11 heteroatoms. The Kier molecular flexibility index (Phi) is 8.52. The number of ether oxygens (including phenoxy) is 4. The summed E-state index contributed by atoms with van der Waals surface area (Å²) in [6.07, 6.45) is 0. The standard InChI is InChI=1S/C34H28N4O6S/c1-4-43-25-14-16-27-29(18-25)45-34(37-27)38-30(39)19-44-33(40)22-9-15-26-28(17-22)36-32(21-7-12-24(42-3)13-8-21)31(35-26)20-5-10-23(41-2)11-6-20/h5-18H,4,19H2,1-3H3,(H,37,38,39). The van der Waals surface area contributed by atoms with Crippen LogP contribution >= 0.6 is 11.3 Å². The van der Waals surface area contributed by atoms with Gasteiger partial charge in [-0.15, -0.1) is 0 Å². The Morgan fingerprint density at radius 3 is 1.93 bits per heavy atom. The van der Waals surface area contributed by atoms with Crippen LogP contribution in [-0.2, 0) is 9.53 Å². The number of nitrogens with one attached hydrogen (secondary N) is 1. The zero-order valence-electron chi connectivity index (χ0n) is 24.7. The number of carbonyl (C=O) groups is 2. The minimum atomic E-state index is -0.662. The molecule has 2 aromatic heterocycles. The number of fused-ring (bicyclic) bond motifs is 2. The molecule has 4 aromatic carbocycles. The van der Waals surface area contributed by atoms with Gasteiger partial charge in [-0.25, -0.2) is 19.7 Å². The predicted molar refractivity (Wildman–Crippen MR) is 173 cm³/mol. The topological polar surface area (TPSA) is 122 Å². The first-order chi connectivity index (χ1) is 21.9. The summed E-state index contributed by atoms with van der Waals surface area (Å²) in [5.74, 6) is 1.01. The van der Waals surface area contributed by atoms with Crippen LogP contribution in [0.4, 0.5) is 5.13 Å². The van der Waals surface area contributed by atoms with E-state index in [1.165, 1.54) is 11.3 Å². The monoisotopic (exact) mass is 620 g/mol. The van der Waals surface area contributed by atoms with E-state index in [0.717, 1.165) is 32.8 Å². The van der Waals surface area contributed by atoms with Gasteiger partial charge in [0.25, 0.3) is 5.91 Å². The lowest BCUT2D eigenvalue weighted by atomic mass is 10.0. The lowest BCUT2D eigenvalue weighted by molar-refractivity contribution is -0.119. The van der Waals surface area contributed by atoms with E-state index in [1.807, 2.05) is 73.7 Å². The first-order valence-corrected chi connectivity index (χ1v) is 14.9. The summed E-state index contributed by atoms with van der Waals surface area (Å²) in [6.45, 7) is 1.99. The molecule has 0 saturated carbocycles. The van der Waals surface area contributed by atoms with Crippen molar-refractivity contribution >= 4 is 49.6 Å². The van der Waals surface area contributed by atoms with E-state index < -0.39 is 18.5 Å². The zero-order chi connectivity index (χ0) is 31.3. The summed E-state index contributed by atoms with van der Waals surface area (Å²) >= 11 is 1.31. The van der Waals surface area contributed by atoms with E-state index in [-0.39, 0.29) is 5.56 Å². The second-order valence-electron chi connectivity index (χ2n) is 9.79. The number of rotatable bonds is 10. The fourth-order valence-electron chi connectivity index (χ4n) is 4.67. The number of hydrogen-bond donors (Lipinski definition) is 1. The second-order valence-corrected chi connectivity index (χ2v) is 10.8. The van der Waals surface area contributed by atoms with E-state index in [2.05, 4.69) is 10.3 Å². The molecule has 0 atom stereocenters. The molecule has 45 heavy (non-hydrogen) atoms. The Hall–Kier alpha value is -5.55. The van der Waals surface area contributed by atoms with Gasteiger partial charge in [-0.1, -0.05) is 11.3 Å². The summed E-state index contributed by atoms with van der Waals surface area (Å²) in [7, 11) is 3.22. The summed E-state index contributed by atoms with van der Waals surface area (Å²) in [6, 6.07) is 25.5. The molecule has 0 fully saturated rings. The average Bonchev–Trinajstić information content (AvgIpc) is 3.48. The van der Waals surface area contributed by atoms with E-state index in [9.17, 15) is 9.59 Å². The number of esters is 1. The first kappa shape index (κ1) is 29.5. The van der Waals surface area contributed by atoms with Crippen molar-refractivity contribution in [1.29, 1.82) is 0 Å². The molecule has 0 aliphatic heterocycles. The highest BCUT2D eigenvalue weighted by Gasteiger charge is 2.17. The highest BCUT2D eigenvalue weighted by molar-refractivity contribution is 7.22. The molecule has 0 spiro atoms. The number of methoxy groups -OCH3 is 2. The van der Waals surface area contributed by atoms with Crippen LogP contribution in [0.5, 0.6) is 17.2 Å².